The number of nitrogens with zero attached hydrogens (tertiary/aromatic N) is 5. The zero-order valence-electron chi connectivity index (χ0n) is 35.6. The zero-order valence-corrected chi connectivity index (χ0v) is 36.5. The third-order valence-electron chi connectivity index (χ3n) is 10.3. The molecule has 2 aliphatic heterocycles. The monoisotopic (exact) mass is 864 g/mol. The second kappa shape index (κ2) is 21.9. The van der Waals surface area contributed by atoms with Gasteiger partial charge in [0.1, 0.15) is 29.6 Å². The van der Waals surface area contributed by atoms with Crippen LogP contribution in [-0.4, -0.2) is 140 Å². The van der Waals surface area contributed by atoms with Crippen LogP contribution in [0.4, 0.5) is 10.6 Å². The van der Waals surface area contributed by atoms with Crippen LogP contribution in [-0.2, 0) is 44.3 Å². The molecule has 0 unspecified atom stereocenters. The minimum absolute atomic E-state index is 0.00695. The number of piperazine rings is 1. The molecule has 4 atom stereocenters. The Labute approximate surface area is 356 Å². The Balaban J connectivity index is 1.45. The van der Waals surface area contributed by atoms with E-state index in [9.17, 15) is 28.5 Å². The molecule has 3 amide bonds. The molecule has 2 saturated heterocycles. The van der Waals surface area contributed by atoms with Crippen molar-refractivity contribution in [1.82, 2.24) is 35.3 Å². The summed E-state index contributed by atoms with van der Waals surface area (Å²) in [6, 6.07) is 14.3. The number of esters is 2. The summed E-state index contributed by atoms with van der Waals surface area (Å²) in [7, 11) is -2.22. The number of aromatic nitrogens is 2. The highest BCUT2D eigenvalue weighted by molar-refractivity contribution is 7.67. The molecule has 1 aromatic heterocycles. The van der Waals surface area contributed by atoms with Gasteiger partial charge in [0.15, 0.2) is 5.82 Å². The van der Waals surface area contributed by atoms with E-state index in [4.69, 9.17) is 23.9 Å². The molecule has 2 fully saturated rings. The van der Waals surface area contributed by atoms with Gasteiger partial charge in [-0.1, -0.05) is 42.5 Å². The summed E-state index contributed by atoms with van der Waals surface area (Å²) < 4.78 is 35.6. The van der Waals surface area contributed by atoms with Crippen LogP contribution in [0.25, 0.3) is 11.4 Å². The summed E-state index contributed by atoms with van der Waals surface area (Å²) in [6.45, 7) is 10.7. The van der Waals surface area contributed by atoms with Crippen molar-refractivity contribution in [3.05, 3.63) is 71.9 Å². The third kappa shape index (κ3) is 12.3. The molecule has 2 aromatic carbocycles. The van der Waals surface area contributed by atoms with Gasteiger partial charge < -0.3 is 39.0 Å². The first kappa shape index (κ1) is 46.6. The molecule has 61 heavy (non-hydrogen) atoms. The topological polar surface area (TPSA) is 211 Å². The average Bonchev–Trinajstić information content (AvgIpc) is 3.76. The van der Waals surface area contributed by atoms with Crippen molar-refractivity contribution >= 4 is 48.4 Å². The highest BCUT2D eigenvalue weighted by atomic mass is 31.2. The normalized spacial score (nSPS) is 17.0. The predicted octanol–water partition coefficient (Wildman–Crippen LogP) is 2.91. The molecule has 18 nitrogen and oxygen atoms in total. The minimum Gasteiger partial charge on any atom is -0.465 e. The molecule has 330 valence electrons. The SMILES string of the molecule is CCOC(=O)[C@H](C)NP(=O)(N[C@@H](C)C(=O)OCC)c1ccc(C[C@H](NC(=O)c2cc(N3CC[C@H](OC)C3)nc(-c3ccccc3)n2)C(=O)N2CCN(C(=O)OCC)CC2)cc1. The lowest BCUT2D eigenvalue weighted by molar-refractivity contribution is -0.145. The summed E-state index contributed by atoms with van der Waals surface area (Å²) in [6.07, 6.45) is 0.362. The number of carbonyl (C=O) groups is 5. The fourth-order valence-corrected chi connectivity index (χ4v) is 9.23. The molecule has 5 rings (SSSR count). The van der Waals surface area contributed by atoms with Gasteiger partial charge in [-0.15, -0.1) is 0 Å². The lowest BCUT2D eigenvalue weighted by Gasteiger charge is -2.36. The van der Waals surface area contributed by atoms with E-state index < -0.39 is 49.5 Å². The second-order valence-electron chi connectivity index (χ2n) is 14.6. The van der Waals surface area contributed by atoms with E-state index in [0.29, 0.717) is 35.9 Å². The minimum atomic E-state index is -3.88. The predicted molar refractivity (Wildman–Crippen MR) is 227 cm³/mol. The largest absolute Gasteiger partial charge is 0.465 e. The van der Waals surface area contributed by atoms with Crippen LogP contribution in [0.15, 0.2) is 60.7 Å². The highest BCUT2D eigenvalue weighted by Crippen LogP contribution is 2.37. The van der Waals surface area contributed by atoms with E-state index in [1.165, 1.54) is 18.7 Å². The lowest BCUT2D eigenvalue weighted by atomic mass is 10.0. The maximum Gasteiger partial charge on any atom is 0.409 e. The lowest BCUT2D eigenvalue weighted by Crippen LogP contribution is -2.56. The van der Waals surface area contributed by atoms with Gasteiger partial charge in [-0.2, -0.15) is 0 Å². The Hall–Kier alpha value is -5.42. The number of carbonyl (C=O) groups excluding carboxylic acids is 5. The number of benzene rings is 2. The Morgan fingerprint density at radius 1 is 0.787 bits per heavy atom. The molecular formula is C42H57N8O10P. The van der Waals surface area contributed by atoms with Gasteiger partial charge in [0.05, 0.1) is 25.9 Å². The van der Waals surface area contributed by atoms with Gasteiger partial charge in [0, 0.05) is 69.7 Å². The quantitative estimate of drug-likeness (QED) is 0.0954. The molecule has 2 aliphatic rings. The maximum absolute atomic E-state index is 14.6. The third-order valence-corrected chi connectivity index (χ3v) is 12.8. The highest BCUT2D eigenvalue weighted by Gasteiger charge is 2.35. The number of hydrogen-bond donors (Lipinski definition) is 3. The Kier molecular flexibility index (Phi) is 16.7. The van der Waals surface area contributed by atoms with E-state index in [0.717, 1.165) is 6.42 Å². The van der Waals surface area contributed by atoms with E-state index in [1.54, 1.807) is 63.1 Å². The average molecular weight is 865 g/mol. The van der Waals surface area contributed by atoms with Gasteiger partial charge in [-0.25, -0.2) is 24.9 Å². The number of nitrogens with one attached hydrogen (secondary N) is 3. The van der Waals surface area contributed by atoms with Gasteiger partial charge in [0.25, 0.3) is 5.91 Å². The number of anilines is 1. The van der Waals surface area contributed by atoms with Crippen LogP contribution in [0, 0.1) is 0 Å². The first-order valence-corrected chi connectivity index (χ1v) is 22.3. The van der Waals surface area contributed by atoms with E-state index in [-0.39, 0.29) is 75.4 Å². The first-order valence-electron chi connectivity index (χ1n) is 20.6. The van der Waals surface area contributed by atoms with Crippen LogP contribution in [0.3, 0.4) is 0 Å². The zero-order chi connectivity index (χ0) is 44.1. The van der Waals surface area contributed by atoms with Crippen LogP contribution < -0.4 is 25.7 Å². The summed E-state index contributed by atoms with van der Waals surface area (Å²) in [5.74, 6) is -1.33. The van der Waals surface area contributed by atoms with Crippen LogP contribution >= 0.6 is 7.44 Å². The molecule has 0 spiro atoms. The van der Waals surface area contributed by atoms with Crippen LogP contribution in [0.2, 0.25) is 0 Å². The second-order valence-corrected chi connectivity index (χ2v) is 16.9. The van der Waals surface area contributed by atoms with Crippen molar-refractivity contribution in [2.24, 2.45) is 0 Å². The van der Waals surface area contributed by atoms with Crippen molar-refractivity contribution in [2.45, 2.75) is 71.7 Å². The number of hydrogen-bond acceptors (Lipinski definition) is 13. The molecule has 0 radical (unpaired) electrons. The number of rotatable bonds is 18. The van der Waals surface area contributed by atoms with E-state index in [2.05, 4.69) is 20.5 Å². The van der Waals surface area contributed by atoms with Gasteiger partial charge in [-0.3, -0.25) is 23.7 Å². The van der Waals surface area contributed by atoms with Crippen molar-refractivity contribution in [3.63, 3.8) is 0 Å². The molecule has 3 N–H and O–H groups in total. The molecule has 3 heterocycles. The summed E-state index contributed by atoms with van der Waals surface area (Å²) in [5.41, 5.74) is 1.38. The number of amides is 3. The van der Waals surface area contributed by atoms with Crippen LogP contribution in [0.5, 0.6) is 0 Å². The first-order chi connectivity index (χ1) is 29.3. The van der Waals surface area contributed by atoms with Crippen molar-refractivity contribution in [3.8, 4) is 11.4 Å². The molecule has 3 aromatic rings. The number of ether oxygens (including phenoxy) is 4. The van der Waals surface area contributed by atoms with Crippen molar-refractivity contribution < 1.29 is 47.5 Å². The molecule has 0 saturated carbocycles. The fraction of sp³-hybridized carbons (Fsp3) is 0.500. The van der Waals surface area contributed by atoms with Crippen molar-refractivity contribution in [2.75, 3.05) is 71.1 Å². The van der Waals surface area contributed by atoms with Gasteiger partial charge >= 0.3 is 18.0 Å². The fourth-order valence-electron chi connectivity index (χ4n) is 6.98. The standard InChI is InChI=1S/C42H57N8O10P/c1-7-58-40(53)28(4)46-61(56,47-29(5)41(54)59-8-2)33-17-15-30(16-18-33)25-35(39(52)48-21-23-49(24-22-48)42(55)60-9-3)44-38(51)34-26-36(50-20-19-32(27-50)57-6)45-37(43-34)31-13-11-10-12-14-31/h10-18,26,28-29,32,35H,7-9,19-25,27H2,1-6H3,(H,44,51)(H2,46,47,56)/t28-,29-,32-,35-/m0/s1. The Bertz CT molecular complexity index is 2000. The van der Waals surface area contributed by atoms with Crippen LogP contribution in [0.1, 0.15) is 57.1 Å². The smallest absolute Gasteiger partial charge is 0.409 e. The molecule has 19 heteroatoms. The Morgan fingerprint density at radius 3 is 1.93 bits per heavy atom. The van der Waals surface area contributed by atoms with Gasteiger partial charge in [-0.05, 0) is 58.7 Å². The Morgan fingerprint density at radius 2 is 1.38 bits per heavy atom. The van der Waals surface area contributed by atoms with Gasteiger partial charge in [0.2, 0.25) is 13.4 Å². The number of methoxy groups -OCH3 is 1. The molecular weight excluding hydrogens is 807 g/mol. The van der Waals surface area contributed by atoms with E-state index >= 15 is 0 Å². The summed E-state index contributed by atoms with van der Waals surface area (Å²) >= 11 is 0. The van der Waals surface area contributed by atoms with E-state index in [1.807, 2.05) is 35.2 Å². The molecule has 0 bridgehead atoms. The van der Waals surface area contributed by atoms with Crippen molar-refractivity contribution in [1.29, 1.82) is 0 Å². The maximum atomic E-state index is 14.6. The molecule has 0 aliphatic carbocycles. The summed E-state index contributed by atoms with van der Waals surface area (Å²) in [5, 5.41) is 8.86. The summed E-state index contributed by atoms with van der Waals surface area (Å²) in [4.78, 5) is 80.9.